The smallest absolute Gasteiger partial charge is 0.0866 e. The van der Waals surface area contributed by atoms with Gasteiger partial charge < -0.3 is 10.1 Å². The van der Waals surface area contributed by atoms with Gasteiger partial charge in [-0.2, -0.15) is 0 Å². The summed E-state index contributed by atoms with van der Waals surface area (Å²) in [5.74, 6) is 0.608. The quantitative estimate of drug-likeness (QED) is 0.834. The van der Waals surface area contributed by atoms with Gasteiger partial charge in [-0.05, 0) is 43.5 Å². The Morgan fingerprint density at radius 2 is 2.28 bits per heavy atom. The van der Waals surface area contributed by atoms with Crippen LogP contribution in [0.4, 0.5) is 0 Å². The molecule has 1 aromatic carbocycles. The van der Waals surface area contributed by atoms with Crippen molar-refractivity contribution in [3.63, 3.8) is 0 Å². The van der Waals surface area contributed by atoms with Crippen molar-refractivity contribution in [3.8, 4) is 0 Å². The van der Waals surface area contributed by atoms with Crippen molar-refractivity contribution in [2.24, 2.45) is 5.92 Å². The lowest BCUT2D eigenvalue weighted by molar-refractivity contribution is 0.0905. The number of nitrogens with one attached hydrogen (secondary N) is 1. The van der Waals surface area contributed by atoms with Crippen LogP contribution < -0.4 is 5.32 Å². The first-order valence-corrected chi connectivity index (χ1v) is 7.60. The Hall–Kier alpha value is -0.380. The van der Waals surface area contributed by atoms with Crippen LogP contribution in [0.1, 0.15) is 37.0 Å². The first-order chi connectivity index (χ1) is 8.72. The van der Waals surface area contributed by atoms with E-state index in [2.05, 4.69) is 53.3 Å². The summed E-state index contributed by atoms with van der Waals surface area (Å²) in [5.41, 5.74) is 2.60. The molecule has 0 spiro atoms. The fourth-order valence-electron chi connectivity index (χ4n) is 2.52. The van der Waals surface area contributed by atoms with Crippen LogP contribution in [0.25, 0.3) is 0 Å². The molecule has 0 radical (unpaired) electrons. The molecule has 1 fully saturated rings. The zero-order valence-electron chi connectivity index (χ0n) is 11.2. The van der Waals surface area contributed by atoms with Crippen LogP contribution >= 0.6 is 15.9 Å². The van der Waals surface area contributed by atoms with Crippen molar-refractivity contribution in [2.45, 2.75) is 32.8 Å². The molecule has 2 atom stereocenters. The van der Waals surface area contributed by atoms with E-state index in [9.17, 15) is 0 Å². The van der Waals surface area contributed by atoms with Crippen LogP contribution in [0.5, 0.6) is 0 Å². The Kier molecular flexibility index (Phi) is 5.22. The number of ether oxygens (including phenoxy) is 1. The van der Waals surface area contributed by atoms with Crippen molar-refractivity contribution >= 4 is 15.9 Å². The third-order valence-electron chi connectivity index (χ3n) is 3.56. The van der Waals surface area contributed by atoms with Crippen LogP contribution in [0, 0.1) is 12.8 Å². The molecule has 100 valence electrons. The average molecular weight is 312 g/mol. The molecule has 0 aliphatic carbocycles. The van der Waals surface area contributed by atoms with E-state index in [-0.39, 0.29) is 6.10 Å². The minimum absolute atomic E-state index is 0.265. The monoisotopic (exact) mass is 311 g/mol. The zero-order chi connectivity index (χ0) is 13.0. The van der Waals surface area contributed by atoms with Crippen molar-refractivity contribution in [3.05, 3.63) is 33.8 Å². The molecule has 18 heavy (non-hydrogen) atoms. The molecule has 3 heteroatoms. The lowest BCUT2D eigenvalue weighted by atomic mass is 9.94. The van der Waals surface area contributed by atoms with Gasteiger partial charge in [0.25, 0.3) is 0 Å². The summed E-state index contributed by atoms with van der Waals surface area (Å²) in [4.78, 5) is 0. The number of halogens is 1. The number of hydrogen-bond acceptors (Lipinski definition) is 2. The Morgan fingerprint density at radius 1 is 1.44 bits per heavy atom. The largest absolute Gasteiger partial charge is 0.373 e. The molecule has 0 aromatic heterocycles. The number of benzene rings is 1. The second-order valence-corrected chi connectivity index (χ2v) is 5.91. The minimum Gasteiger partial charge on any atom is -0.373 e. The van der Waals surface area contributed by atoms with Gasteiger partial charge in [0.1, 0.15) is 0 Å². The SMILES string of the molecule is CCCNCC1CCOC1c1ccc(Br)c(C)c1. The molecule has 2 nitrogen and oxygen atoms in total. The highest BCUT2D eigenvalue weighted by atomic mass is 79.9. The number of hydrogen-bond donors (Lipinski definition) is 1. The highest BCUT2D eigenvalue weighted by Gasteiger charge is 2.29. The minimum atomic E-state index is 0.265. The van der Waals surface area contributed by atoms with Gasteiger partial charge in [-0.3, -0.25) is 0 Å². The maximum absolute atomic E-state index is 5.92. The summed E-state index contributed by atoms with van der Waals surface area (Å²) in [7, 11) is 0. The first-order valence-electron chi connectivity index (χ1n) is 6.80. The molecule has 2 rings (SSSR count). The van der Waals surface area contributed by atoms with Crippen LogP contribution in [0.15, 0.2) is 22.7 Å². The molecule has 1 aliphatic rings. The van der Waals surface area contributed by atoms with Gasteiger partial charge in [0.2, 0.25) is 0 Å². The van der Waals surface area contributed by atoms with E-state index < -0.39 is 0 Å². The second kappa shape index (κ2) is 6.69. The van der Waals surface area contributed by atoms with Gasteiger partial charge in [0, 0.05) is 23.5 Å². The summed E-state index contributed by atoms with van der Waals surface area (Å²) in [5, 5.41) is 3.51. The van der Waals surface area contributed by atoms with E-state index >= 15 is 0 Å². The molecule has 1 aromatic rings. The zero-order valence-corrected chi connectivity index (χ0v) is 12.8. The summed E-state index contributed by atoms with van der Waals surface area (Å²) in [6, 6.07) is 6.55. The standard InChI is InChI=1S/C15H22BrNO/c1-3-7-17-10-13-6-8-18-15(13)12-4-5-14(16)11(2)9-12/h4-5,9,13,15,17H,3,6-8,10H2,1-2H3. The lowest BCUT2D eigenvalue weighted by Gasteiger charge is -2.20. The van der Waals surface area contributed by atoms with E-state index in [0.717, 1.165) is 26.1 Å². The summed E-state index contributed by atoms with van der Waals surface area (Å²) < 4.78 is 7.09. The van der Waals surface area contributed by atoms with E-state index in [1.54, 1.807) is 0 Å². The van der Waals surface area contributed by atoms with Crippen LogP contribution in [0.3, 0.4) is 0 Å². The van der Waals surface area contributed by atoms with E-state index in [4.69, 9.17) is 4.74 Å². The first kappa shape index (κ1) is 14.0. The third-order valence-corrected chi connectivity index (χ3v) is 4.45. The molecular formula is C15H22BrNO. The fourth-order valence-corrected chi connectivity index (χ4v) is 2.77. The van der Waals surface area contributed by atoms with Gasteiger partial charge in [-0.1, -0.05) is 35.0 Å². The van der Waals surface area contributed by atoms with Gasteiger partial charge in [0.15, 0.2) is 0 Å². The van der Waals surface area contributed by atoms with Crippen LogP contribution in [-0.2, 0) is 4.74 Å². The molecule has 2 unspecified atom stereocenters. The topological polar surface area (TPSA) is 21.3 Å². The maximum atomic E-state index is 5.92. The van der Waals surface area contributed by atoms with Gasteiger partial charge in [-0.15, -0.1) is 0 Å². The Labute approximate surface area is 118 Å². The van der Waals surface area contributed by atoms with Crippen molar-refractivity contribution in [1.82, 2.24) is 5.32 Å². The molecule has 1 saturated heterocycles. The maximum Gasteiger partial charge on any atom is 0.0866 e. The molecule has 0 saturated carbocycles. The molecule has 1 N–H and O–H groups in total. The molecule has 1 aliphatic heterocycles. The van der Waals surface area contributed by atoms with Gasteiger partial charge in [0.05, 0.1) is 6.10 Å². The molecule has 0 amide bonds. The molecule has 1 heterocycles. The fraction of sp³-hybridized carbons (Fsp3) is 0.600. The summed E-state index contributed by atoms with van der Waals surface area (Å²) >= 11 is 3.55. The van der Waals surface area contributed by atoms with Gasteiger partial charge in [-0.25, -0.2) is 0 Å². The Morgan fingerprint density at radius 3 is 3.00 bits per heavy atom. The van der Waals surface area contributed by atoms with Crippen molar-refractivity contribution in [2.75, 3.05) is 19.7 Å². The predicted octanol–water partition coefficient (Wildman–Crippen LogP) is 3.83. The molecular weight excluding hydrogens is 290 g/mol. The highest BCUT2D eigenvalue weighted by Crippen LogP contribution is 2.35. The second-order valence-electron chi connectivity index (χ2n) is 5.05. The lowest BCUT2D eigenvalue weighted by Crippen LogP contribution is -2.25. The van der Waals surface area contributed by atoms with E-state index in [1.807, 2.05) is 0 Å². The Bertz CT molecular complexity index is 394. The third kappa shape index (κ3) is 3.34. The van der Waals surface area contributed by atoms with Crippen molar-refractivity contribution < 1.29 is 4.74 Å². The Balaban J connectivity index is 2.03. The number of rotatable bonds is 5. The summed E-state index contributed by atoms with van der Waals surface area (Å²) in [6.07, 6.45) is 2.62. The van der Waals surface area contributed by atoms with Crippen LogP contribution in [0.2, 0.25) is 0 Å². The highest BCUT2D eigenvalue weighted by molar-refractivity contribution is 9.10. The average Bonchev–Trinajstić information content (AvgIpc) is 2.81. The van der Waals surface area contributed by atoms with E-state index in [0.29, 0.717) is 5.92 Å². The van der Waals surface area contributed by atoms with Crippen LogP contribution in [-0.4, -0.2) is 19.7 Å². The van der Waals surface area contributed by atoms with E-state index in [1.165, 1.54) is 22.0 Å². The normalized spacial score (nSPS) is 23.5. The summed E-state index contributed by atoms with van der Waals surface area (Å²) in [6.45, 7) is 7.38. The van der Waals surface area contributed by atoms with Gasteiger partial charge >= 0.3 is 0 Å². The number of aryl methyl sites for hydroxylation is 1. The molecule has 0 bridgehead atoms. The van der Waals surface area contributed by atoms with Crippen molar-refractivity contribution in [1.29, 1.82) is 0 Å². The predicted molar refractivity (Wildman–Crippen MR) is 78.8 cm³/mol.